The number of halogens is 3. The minimum Gasteiger partial charge on any atom is -0.480 e. The third kappa shape index (κ3) is 5.53. The second kappa shape index (κ2) is 9.33. The third-order valence-corrected chi connectivity index (χ3v) is 4.60. The van der Waals surface area contributed by atoms with Crippen LogP contribution in [0, 0.1) is 0 Å². The Kier molecular flexibility index (Phi) is 8.12. The first-order chi connectivity index (χ1) is 10.5. The van der Waals surface area contributed by atoms with Gasteiger partial charge in [0.1, 0.15) is 6.04 Å². The lowest BCUT2D eigenvalue weighted by Crippen LogP contribution is -2.43. The number of carboxylic acids is 1. The number of carbonyl (C=O) groups is 2. The van der Waals surface area contributed by atoms with Gasteiger partial charge in [-0.25, -0.2) is 0 Å². The quantitative estimate of drug-likeness (QED) is 0.795. The van der Waals surface area contributed by atoms with Gasteiger partial charge in [-0.3, -0.25) is 14.5 Å². The van der Waals surface area contributed by atoms with E-state index in [-0.39, 0.29) is 24.9 Å². The molecule has 5 nitrogen and oxygen atoms in total. The molecule has 0 aromatic heterocycles. The van der Waals surface area contributed by atoms with E-state index >= 15 is 0 Å². The number of hydrogen-bond acceptors (Lipinski definition) is 3. The van der Waals surface area contributed by atoms with Gasteiger partial charge in [0.05, 0.1) is 16.6 Å². The van der Waals surface area contributed by atoms with Crippen molar-refractivity contribution >= 4 is 47.5 Å². The van der Waals surface area contributed by atoms with E-state index < -0.39 is 12.0 Å². The number of hydrogen-bond donors (Lipinski definition) is 2. The van der Waals surface area contributed by atoms with Gasteiger partial charge in [0.25, 0.3) is 0 Å². The first-order valence-electron chi connectivity index (χ1n) is 7.15. The molecule has 1 aromatic carbocycles. The summed E-state index contributed by atoms with van der Waals surface area (Å²) in [6.07, 6.45) is 1.98. The van der Waals surface area contributed by atoms with Crippen LogP contribution in [0.5, 0.6) is 0 Å². The van der Waals surface area contributed by atoms with E-state index in [9.17, 15) is 9.59 Å². The Balaban J connectivity index is 0.00000264. The molecule has 1 unspecified atom stereocenters. The van der Waals surface area contributed by atoms with Crippen LogP contribution >= 0.6 is 35.6 Å². The zero-order chi connectivity index (χ0) is 16.1. The molecule has 0 aliphatic carbocycles. The molecule has 2 rings (SSSR count). The highest BCUT2D eigenvalue weighted by molar-refractivity contribution is 6.42. The Bertz CT molecular complexity index is 569. The highest BCUT2D eigenvalue weighted by Gasteiger charge is 2.31. The van der Waals surface area contributed by atoms with Crippen molar-refractivity contribution in [2.75, 3.05) is 19.6 Å². The van der Waals surface area contributed by atoms with E-state index in [1.54, 1.807) is 11.0 Å². The fraction of sp³-hybridized carbons (Fsp3) is 0.467. The smallest absolute Gasteiger partial charge is 0.320 e. The summed E-state index contributed by atoms with van der Waals surface area (Å²) in [6, 6.07) is 4.84. The largest absolute Gasteiger partial charge is 0.480 e. The lowest BCUT2D eigenvalue weighted by atomic mass is 10.1. The predicted octanol–water partition coefficient (Wildman–Crippen LogP) is 2.62. The summed E-state index contributed by atoms with van der Waals surface area (Å²) in [5, 5.41) is 12.9. The summed E-state index contributed by atoms with van der Waals surface area (Å²) in [7, 11) is 0. The van der Waals surface area contributed by atoms with Crippen molar-refractivity contribution in [3.8, 4) is 0 Å². The number of rotatable bonds is 6. The lowest BCUT2D eigenvalue weighted by Gasteiger charge is -2.20. The average Bonchev–Trinajstić information content (AvgIpc) is 2.91. The Morgan fingerprint density at radius 2 is 2.09 bits per heavy atom. The Morgan fingerprint density at radius 1 is 1.35 bits per heavy atom. The van der Waals surface area contributed by atoms with Gasteiger partial charge in [-0.2, -0.15) is 0 Å². The molecule has 1 saturated heterocycles. The summed E-state index contributed by atoms with van der Waals surface area (Å²) in [5.41, 5.74) is 0.874. The number of carbonyl (C=O) groups excluding carboxylic acids is 1. The monoisotopic (exact) mass is 380 g/mol. The normalized spacial score (nSPS) is 17.6. The van der Waals surface area contributed by atoms with E-state index in [4.69, 9.17) is 28.3 Å². The van der Waals surface area contributed by atoms with Crippen molar-refractivity contribution in [2.24, 2.45) is 0 Å². The predicted molar refractivity (Wildman–Crippen MR) is 92.7 cm³/mol. The number of amides is 1. The van der Waals surface area contributed by atoms with Crippen LogP contribution in [0.4, 0.5) is 0 Å². The number of likely N-dealkylation sites (tertiary alicyclic amines) is 1. The Hall–Kier alpha value is -1.01. The molecule has 23 heavy (non-hydrogen) atoms. The van der Waals surface area contributed by atoms with Gasteiger partial charge in [0, 0.05) is 6.54 Å². The maximum Gasteiger partial charge on any atom is 0.320 e. The van der Waals surface area contributed by atoms with Crippen LogP contribution in [0.15, 0.2) is 18.2 Å². The Morgan fingerprint density at radius 3 is 2.78 bits per heavy atom. The summed E-state index contributed by atoms with van der Waals surface area (Å²) in [4.78, 5) is 24.7. The highest BCUT2D eigenvalue weighted by atomic mass is 35.5. The minimum absolute atomic E-state index is 0. The van der Waals surface area contributed by atoms with Crippen LogP contribution in [0.1, 0.15) is 18.4 Å². The van der Waals surface area contributed by atoms with Crippen LogP contribution in [0.2, 0.25) is 10.0 Å². The van der Waals surface area contributed by atoms with Crippen LogP contribution < -0.4 is 5.32 Å². The summed E-state index contributed by atoms with van der Waals surface area (Å²) >= 11 is 12.0. The minimum atomic E-state index is -0.865. The highest BCUT2D eigenvalue weighted by Crippen LogP contribution is 2.25. The van der Waals surface area contributed by atoms with Gasteiger partial charge in [0.2, 0.25) is 5.91 Å². The van der Waals surface area contributed by atoms with E-state index in [1.807, 2.05) is 12.1 Å². The van der Waals surface area contributed by atoms with E-state index in [1.165, 1.54) is 0 Å². The number of benzene rings is 1. The van der Waals surface area contributed by atoms with Crippen molar-refractivity contribution in [3.63, 3.8) is 0 Å². The first kappa shape index (κ1) is 20.0. The van der Waals surface area contributed by atoms with Crippen molar-refractivity contribution < 1.29 is 14.7 Å². The number of nitrogens with one attached hydrogen (secondary N) is 1. The van der Waals surface area contributed by atoms with Crippen molar-refractivity contribution in [1.29, 1.82) is 0 Å². The standard InChI is InChI=1S/C15H18Cl2N2O3.ClH/c16-11-4-1-3-10(14(11)17)6-7-18-13(20)9-19-8-2-5-12(19)15(21)22;/h1,3-4,12H,2,5-9H2,(H,18,20)(H,21,22);1H. The van der Waals surface area contributed by atoms with Crippen LogP contribution in [0.3, 0.4) is 0 Å². The SMILES string of the molecule is Cl.O=C(CN1CCCC1C(=O)O)NCCc1cccc(Cl)c1Cl. The molecule has 1 heterocycles. The molecule has 0 spiro atoms. The average molecular weight is 382 g/mol. The molecule has 1 atom stereocenters. The van der Waals surface area contributed by atoms with Crippen LogP contribution in [0.25, 0.3) is 0 Å². The van der Waals surface area contributed by atoms with Gasteiger partial charge < -0.3 is 10.4 Å². The zero-order valence-corrected chi connectivity index (χ0v) is 14.8. The molecule has 8 heteroatoms. The van der Waals surface area contributed by atoms with E-state index in [2.05, 4.69) is 5.32 Å². The molecule has 0 radical (unpaired) electrons. The van der Waals surface area contributed by atoms with Gasteiger partial charge in [0.15, 0.2) is 0 Å². The molecule has 2 N–H and O–H groups in total. The molecular formula is C15H19Cl3N2O3. The molecule has 1 aromatic rings. The third-order valence-electron chi connectivity index (χ3n) is 3.74. The first-order valence-corrected chi connectivity index (χ1v) is 7.91. The van der Waals surface area contributed by atoms with Crippen molar-refractivity contribution in [1.82, 2.24) is 10.2 Å². The molecule has 1 aliphatic heterocycles. The molecule has 1 fully saturated rings. The van der Waals surface area contributed by atoms with Crippen molar-refractivity contribution in [2.45, 2.75) is 25.3 Å². The zero-order valence-electron chi connectivity index (χ0n) is 12.4. The lowest BCUT2D eigenvalue weighted by molar-refractivity contribution is -0.142. The van der Waals surface area contributed by atoms with Crippen LogP contribution in [-0.2, 0) is 16.0 Å². The molecule has 0 bridgehead atoms. The van der Waals surface area contributed by atoms with E-state index in [0.29, 0.717) is 36.0 Å². The number of aliphatic carboxylic acids is 1. The maximum absolute atomic E-state index is 11.9. The number of carboxylic acid groups (broad SMARTS) is 1. The fourth-order valence-electron chi connectivity index (χ4n) is 2.61. The second-order valence-corrected chi connectivity index (χ2v) is 6.06. The molecule has 1 amide bonds. The number of nitrogens with zero attached hydrogens (tertiary/aromatic N) is 1. The topological polar surface area (TPSA) is 69.6 Å². The Labute approximate surface area is 151 Å². The van der Waals surface area contributed by atoms with Crippen molar-refractivity contribution in [3.05, 3.63) is 33.8 Å². The molecule has 0 saturated carbocycles. The van der Waals surface area contributed by atoms with Gasteiger partial charge in [-0.15, -0.1) is 12.4 Å². The van der Waals surface area contributed by atoms with E-state index in [0.717, 1.165) is 12.0 Å². The maximum atomic E-state index is 11.9. The molecule has 1 aliphatic rings. The fourth-order valence-corrected chi connectivity index (χ4v) is 3.03. The van der Waals surface area contributed by atoms with Gasteiger partial charge >= 0.3 is 5.97 Å². The molecule has 128 valence electrons. The van der Waals surface area contributed by atoms with Gasteiger partial charge in [-0.1, -0.05) is 35.3 Å². The second-order valence-electron chi connectivity index (χ2n) is 5.28. The summed E-state index contributed by atoms with van der Waals surface area (Å²) in [5.74, 6) is -1.04. The van der Waals surface area contributed by atoms with Crippen LogP contribution in [-0.4, -0.2) is 47.6 Å². The van der Waals surface area contributed by atoms with Gasteiger partial charge in [-0.05, 0) is 37.4 Å². The summed E-state index contributed by atoms with van der Waals surface area (Å²) < 4.78 is 0. The molecular weight excluding hydrogens is 363 g/mol. The summed E-state index contributed by atoms with van der Waals surface area (Å²) in [6.45, 7) is 1.19.